The van der Waals surface area contributed by atoms with Gasteiger partial charge in [-0.3, -0.25) is 5.10 Å². The van der Waals surface area contributed by atoms with E-state index in [-0.39, 0.29) is 0 Å². The van der Waals surface area contributed by atoms with Crippen molar-refractivity contribution in [1.82, 2.24) is 10.2 Å². The van der Waals surface area contributed by atoms with Crippen molar-refractivity contribution >= 4 is 22.0 Å². The van der Waals surface area contributed by atoms with E-state index in [2.05, 4.69) is 26.1 Å². The zero-order valence-electron chi connectivity index (χ0n) is 4.84. The summed E-state index contributed by atoms with van der Waals surface area (Å²) in [5.74, 6) is 0. The van der Waals surface area contributed by atoms with Gasteiger partial charge in [-0.25, -0.2) is 0 Å². The lowest BCUT2D eigenvalue weighted by Gasteiger charge is -1.76. The molecule has 0 aliphatic rings. The van der Waals surface area contributed by atoms with Gasteiger partial charge in [0.05, 0.1) is 6.20 Å². The van der Waals surface area contributed by atoms with E-state index in [1.165, 1.54) is 0 Å². The molecule has 1 aromatic heterocycles. The summed E-state index contributed by atoms with van der Waals surface area (Å²) < 4.78 is 0. The van der Waals surface area contributed by atoms with Crippen molar-refractivity contribution in [2.45, 2.75) is 0 Å². The molecular weight excluding hydrogens is 180 g/mol. The Morgan fingerprint density at radius 3 is 3.22 bits per heavy atom. The van der Waals surface area contributed by atoms with Crippen LogP contribution in [0.3, 0.4) is 0 Å². The quantitative estimate of drug-likeness (QED) is 0.702. The van der Waals surface area contributed by atoms with Gasteiger partial charge in [0, 0.05) is 17.1 Å². The standard InChI is InChI=1S/C6H7BrN2/c7-3-1-2-6-4-8-9-5-6/h1-2,4-5H,3H2,(H,8,9). The second kappa shape index (κ2) is 3.45. The molecule has 0 aliphatic heterocycles. The smallest absolute Gasteiger partial charge is 0.0559 e. The summed E-state index contributed by atoms with van der Waals surface area (Å²) in [5, 5.41) is 7.39. The highest BCUT2D eigenvalue weighted by Crippen LogP contribution is 1.96. The maximum Gasteiger partial charge on any atom is 0.0559 e. The fourth-order valence-corrected chi connectivity index (χ4v) is 0.720. The van der Waals surface area contributed by atoms with Crippen LogP contribution in [0.5, 0.6) is 0 Å². The van der Waals surface area contributed by atoms with Gasteiger partial charge >= 0.3 is 0 Å². The fourth-order valence-electron chi connectivity index (χ4n) is 0.533. The van der Waals surface area contributed by atoms with Crippen LogP contribution in [0.4, 0.5) is 0 Å². The van der Waals surface area contributed by atoms with Gasteiger partial charge in [-0.15, -0.1) is 0 Å². The summed E-state index contributed by atoms with van der Waals surface area (Å²) in [7, 11) is 0. The number of aromatic nitrogens is 2. The number of hydrogen-bond acceptors (Lipinski definition) is 1. The van der Waals surface area contributed by atoms with Crippen LogP contribution in [0, 0.1) is 0 Å². The van der Waals surface area contributed by atoms with E-state index in [1.54, 1.807) is 6.20 Å². The van der Waals surface area contributed by atoms with E-state index in [1.807, 2.05) is 18.3 Å². The molecule has 0 amide bonds. The van der Waals surface area contributed by atoms with Gasteiger partial charge in [0.25, 0.3) is 0 Å². The Balaban J connectivity index is 2.57. The number of halogens is 1. The van der Waals surface area contributed by atoms with E-state index < -0.39 is 0 Å². The zero-order chi connectivity index (χ0) is 6.53. The Hall–Kier alpha value is -0.570. The van der Waals surface area contributed by atoms with Crippen LogP contribution in [0.25, 0.3) is 6.08 Å². The third-order valence-corrected chi connectivity index (χ3v) is 1.29. The first-order valence-corrected chi connectivity index (χ1v) is 3.77. The third kappa shape index (κ3) is 2.01. The molecule has 0 aliphatic carbocycles. The van der Waals surface area contributed by atoms with Crippen LogP contribution >= 0.6 is 15.9 Å². The number of allylic oxidation sites excluding steroid dienone is 1. The van der Waals surface area contributed by atoms with E-state index in [4.69, 9.17) is 0 Å². The number of rotatable bonds is 2. The van der Waals surface area contributed by atoms with Crippen LogP contribution in [-0.4, -0.2) is 15.5 Å². The average Bonchev–Trinajstić information content (AvgIpc) is 2.34. The van der Waals surface area contributed by atoms with E-state index in [0.29, 0.717) is 0 Å². The van der Waals surface area contributed by atoms with E-state index in [9.17, 15) is 0 Å². The van der Waals surface area contributed by atoms with Crippen LogP contribution < -0.4 is 0 Å². The predicted octanol–water partition coefficient (Wildman–Crippen LogP) is 1.82. The molecule has 0 aromatic carbocycles. The Bertz CT molecular complexity index is 179. The number of nitrogens with zero attached hydrogens (tertiary/aromatic N) is 1. The topological polar surface area (TPSA) is 28.7 Å². The van der Waals surface area contributed by atoms with Gasteiger partial charge in [0.2, 0.25) is 0 Å². The Morgan fingerprint density at radius 2 is 2.67 bits per heavy atom. The first kappa shape index (κ1) is 6.55. The van der Waals surface area contributed by atoms with E-state index in [0.717, 1.165) is 10.9 Å². The van der Waals surface area contributed by atoms with Crippen LogP contribution in [0.15, 0.2) is 18.5 Å². The Labute approximate surface area is 62.1 Å². The molecule has 2 nitrogen and oxygen atoms in total. The molecule has 0 atom stereocenters. The number of alkyl halides is 1. The molecule has 0 spiro atoms. The lowest BCUT2D eigenvalue weighted by Crippen LogP contribution is -1.61. The number of H-pyrrole nitrogens is 1. The average molecular weight is 187 g/mol. The minimum absolute atomic E-state index is 0.887. The Morgan fingerprint density at radius 1 is 1.78 bits per heavy atom. The third-order valence-electron chi connectivity index (χ3n) is 0.919. The highest BCUT2D eigenvalue weighted by atomic mass is 79.9. The molecule has 0 radical (unpaired) electrons. The molecule has 1 rings (SSSR count). The van der Waals surface area contributed by atoms with Crippen molar-refractivity contribution in [2.75, 3.05) is 5.33 Å². The zero-order valence-corrected chi connectivity index (χ0v) is 6.43. The van der Waals surface area contributed by atoms with Crippen LogP contribution in [-0.2, 0) is 0 Å². The van der Waals surface area contributed by atoms with Crippen molar-refractivity contribution in [1.29, 1.82) is 0 Å². The summed E-state index contributed by atoms with van der Waals surface area (Å²) in [6.45, 7) is 0. The monoisotopic (exact) mass is 186 g/mol. The molecule has 1 N–H and O–H groups in total. The summed E-state index contributed by atoms with van der Waals surface area (Å²) in [4.78, 5) is 0. The van der Waals surface area contributed by atoms with Gasteiger partial charge in [-0.05, 0) is 0 Å². The molecule has 1 heterocycles. The number of aromatic amines is 1. The molecule has 0 saturated heterocycles. The number of nitrogens with one attached hydrogen (secondary N) is 1. The SMILES string of the molecule is BrCC=Cc1cn[nH]c1. The van der Waals surface area contributed by atoms with E-state index >= 15 is 0 Å². The minimum Gasteiger partial charge on any atom is -0.285 e. The molecule has 1 aromatic rings. The van der Waals surface area contributed by atoms with Crippen molar-refractivity contribution in [3.05, 3.63) is 24.0 Å². The molecule has 0 bridgehead atoms. The second-order valence-corrected chi connectivity index (χ2v) is 2.24. The normalized spacial score (nSPS) is 10.8. The molecule has 48 valence electrons. The highest BCUT2D eigenvalue weighted by molar-refractivity contribution is 9.09. The molecule has 0 fully saturated rings. The fraction of sp³-hybridized carbons (Fsp3) is 0.167. The predicted molar refractivity (Wildman–Crippen MR) is 41.4 cm³/mol. The Kier molecular flexibility index (Phi) is 2.51. The first-order chi connectivity index (χ1) is 4.43. The summed E-state index contributed by atoms with van der Waals surface area (Å²) in [6, 6.07) is 0. The van der Waals surface area contributed by atoms with Crippen molar-refractivity contribution in [3.63, 3.8) is 0 Å². The first-order valence-electron chi connectivity index (χ1n) is 2.65. The van der Waals surface area contributed by atoms with Gasteiger partial charge in [0.15, 0.2) is 0 Å². The maximum absolute atomic E-state index is 3.78. The van der Waals surface area contributed by atoms with Crippen molar-refractivity contribution in [2.24, 2.45) is 0 Å². The molecule has 3 heteroatoms. The molecule has 9 heavy (non-hydrogen) atoms. The van der Waals surface area contributed by atoms with Crippen molar-refractivity contribution in [3.8, 4) is 0 Å². The second-order valence-electron chi connectivity index (χ2n) is 1.59. The largest absolute Gasteiger partial charge is 0.285 e. The lowest BCUT2D eigenvalue weighted by atomic mass is 10.3. The van der Waals surface area contributed by atoms with Gasteiger partial charge < -0.3 is 0 Å². The summed E-state index contributed by atoms with van der Waals surface area (Å²) in [5.41, 5.74) is 1.11. The molecule has 0 unspecified atom stereocenters. The highest BCUT2D eigenvalue weighted by Gasteiger charge is 1.82. The maximum atomic E-state index is 3.78. The van der Waals surface area contributed by atoms with Crippen molar-refractivity contribution < 1.29 is 0 Å². The minimum atomic E-state index is 0.887. The van der Waals surface area contributed by atoms with Gasteiger partial charge in [-0.1, -0.05) is 28.1 Å². The molecular formula is C6H7BrN2. The molecule has 0 saturated carbocycles. The lowest BCUT2D eigenvalue weighted by molar-refractivity contribution is 1.09. The van der Waals surface area contributed by atoms with Crippen LogP contribution in [0.2, 0.25) is 0 Å². The van der Waals surface area contributed by atoms with Gasteiger partial charge in [-0.2, -0.15) is 5.10 Å². The van der Waals surface area contributed by atoms with Crippen LogP contribution in [0.1, 0.15) is 5.56 Å². The van der Waals surface area contributed by atoms with Gasteiger partial charge in [0.1, 0.15) is 0 Å². The summed E-state index contributed by atoms with van der Waals surface area (Å²) in [6.07, 6.45) is 7.64. The summed E-state index contributed by atoms with van der Waals surface area (Å²) >= 11 is 3.28. The number of hydrogen-bond donors (Lipinski definition) is 1.